The van der Waals surface area contributed by atoms with Gasteiger partial charge in [0.2, 0.25) is 23.6 Å². The first-order chi connectivity index (χ1) is 14.2. The molecule has 0 radical (unpaired) electrons. The molecule has 0 aliphatic carbocycles. The number of nitrogens with one attached hydrogen (secondary N) is 3. The second kappa shape index (κ2) is 12.4. The predicted octanol–water partition coefficient (Wildman–Crippen LogP) is -2.45. The first-order valence-electron chi connectivity index (χ1n) is 9.46. The number of carbonyl (C=O) groups is 5. The number of carbonyl (C=O) groups excluding carboxylic acids is 5. The first-order valence-corrected chi connectivity index (χ1v) is 9.46. The van der Waals surface area contributed by atoms with Gasteiger partial charge in [-0.05, 0) is 25.7 Å². The number of esters is 1. The predicted molar refractivity (Wildman–Crippen MR) is 101 cm³/mol. The third kappa shape index (κ3) is 8.04. The van der Waals surface area contributed by atoms with E-state index in [1.54, 1.807) is 6.07 Å². The van der Waals surface area contributed by atoms with E-state index in [1.165, 1.54) is 18.9 Å². The molecule has 1 heterocycles. The maximum Gasteiger partial charge on any atom is 0.325 e. The fourth-order valence-corrected chi connectivity index (χ4v) is 2.98. The number of nitriles is 1. The number of hydrogen-bond acceptors (Lipinski definition) is 8. The maximum absolute atomic E-state index is 12.5. The molecule has 166 valence electrons. The Morgan fingerprint density at radius 1 is 1.20 bits per heavy atom. The molecule has 3 atom stereocenters. The number of ether oxygens (including phenoxy) is 1. The van der Waals surface area contributed by atoms with Crippen LogP contribution in [0.3, 0.4) is 0 Å². The zero-order valence-electron chi connectivity index (χ0n) is 17.0. The van der Waals surface area contributed by atoms with Crippen LogP contribution in [-0.4, -0.2) is 84.5 Å². The summed E-state index contributed by atoms with van der Waals surface area (Å²) in [5.41, 5.74) is 0. The molecule has 12 nitrogen and oxygen atoms in total. The van der Waals surface area contributed by atoms with Crippen molar-refractivity contribution in [2.24, 2.45) is 0 Å². The normalized spacial score (nSPS) is 17.3. The quantitative estimate of drug-likeness (QED) is 0.220. The minimum Gasteiger partial charge on any atom is -0.468 e. The van der Waals surface area contributed by atoms with Crippen LogP contribution >= 0.6 is 0 Å². The second-order valence-corrected chi connectivity index (χ2v) is 6.73. The molecule has 1 aliphatic heterocycles. The molecule has 0 aromatic rings. The van der Waals surface area contributed by atoms with Crippen molar-refractivity contribution in [2.75, 3.05) is 26.7 Å². The van der Waals surface area contributed by atoms with Crippen molar-refractivity contribution in [3.8, 4) is 6.07 Å². The zero-order chi connectivity index (χ0) is 22.7. The van der Waals surface area contributed by atoms with Gasteiger partial charge in [0.1, 0.15) is 24.7 Å². The topological polar surface area (TPSA) is 178 Å². The van der Waals surface area contributed by atoms with Crippen LogP contribution in [-0.2, 0) is 28.7 Å². The lowest BCUT2D eigenvalue weighted by Gasteiger charge is -2.24. The summed E-state index contributed by atoms with van der Waals surface area (Å²) in [7, 11) is 1.19. The fraction of sp³-hybridized carbons (Fsp3) is 0.667. The molecule has 0 aromatic carbocycles. The molecule has 0 saturated carbocycles. The highest BCUT2D eigenvalue weighted by atomic mass is 16.5. The van der Waals surface area contributed by atoms with E-state index < -0.39 is 54.3 Å². The van der Waals surface area contributed by atoms with Crippen LogP contribution in [0.4, 0.5) is 0 Å². The molecule has 4 N–H and O–H groups in total. The summed E-state index contributed by atoms with van der Waals surface area (Å²) in [4.78, 5) is 60.8. The van der Waals surface area contributed by atoms with Crippen LogP contribution in [0.15, 0.2) is 0 Å². The molecular formula is C18H27N5O7. The van der Waals surface area contributed by atoms with Gasteiger partial charge in [0.15, 0.2) is 0 Å². The smallest absolute Gasteiger partial charge is 0.325 e. The van der Waals surface area contributed by atoms with Crippen molar-refractivity contribution in [2.45, 2.75) is 50.8 Å². The lowest BCUT2D eigenvalue weighted by atomic mass is 10.1. The van der Waals surface area contributed by atoms with Gasteiger partial charge in [0, 0.05) is 13.5 Å². The Hall–Kier alpha value is -3.20. The van der Waals surface area contributed by atoms with Gasteiger partial charge < -0.3 is 30.7 Å². The average molecular weight is 425 g/mol. The van der Waals surface area contributed by atoms with E-state index in [9.17, 15) is 29.1 Å². The van der Waals surface area contributed by atoms with Gasteiger partial charge in [-0.25, -0.2) is 0 Å². The van der Waals surface area contributed by atoms with E-state index in [0.717, 1.165) is 0 Å². The summed E-state index contributed by atoms with van der Waals surface area (Å²) in [5.74, 6) is -2.71. The van der Waals surface area contributed by atoms with Gasteiger partial charge in [-0.1, -0.05) is 0 Å². The molecule has 1 fully saturated rings. The minimum absolute atomic E-state index is 0.0105. The largest absolute Gasteiger partial charge is 0.468 e. The van der Waals surface area contributed by atoms with E-state index in [2.05, 4.69) is 20.7 Å². The monoisotopic (exact) mass is 425 g/mol. The van der Waals surface area contributed by atoms with E-state index >= 15 is 0 Å². The van der Waals surface area contributed by atoms with Crippen LogP contribution in [0.2, 0.25) is 0 Å². The van der Waals surface area contributed by atoms with Crippen LogP contribution in [0.25, 0.3) is 0 Å². The average Bonchev–Trinajstić information content (AvgIpc) is 3.22. The van der Waals surface area contributed by atoms with Crippen LogP contribution in [0.1, 0.15) is 32.6 Å². The van der Waals surface area contributed by atoms with Crippen LogP contribution in [0.5, 0.6) is 0 Å². The van der Waals surface area contributed by atoms with E-state index in [-0.39, 0.29) is 19.4 Å². The Kier molecular flexibility index (Phi) is 10.3. The van der Waals surface area contributed by atoms with Crippen molar-refractivity contribution >= 4 is 29.6 Å². The first kappa shape index (κ1) is 24.8. The van der Waals surface area contributed by atoms with Gasteiger partial charge in [0.25, 0.3) is 0 Å². The Balaban J connectivity index is 2.61. The molecule has 30 heavy (non-hydrogen) atoms. The molecule has 1 rings (SSSR count). The summed E-state index contributed by atoms with van der Waals surface area (Å²) >= 11 is 0. The molecule has 0 aromatic heterocycles. The fourth-order valence-electron chi connectivity index (χ4n) is 2.98. The van der Waals surface area contributed by atoms with E-state index in [4.69, 9.17) is 5.26 Å². The second-order valence-electron chi connectivity index (χ2n) is 6.73. The zero-order valence-corrected chi connectivity index (χ0v) is 17.0. The molecule has 4 amide bonds. The maximum atomic E-state index is 12.5. The third-order valence-corrected chi connectivity index (χ3v) is 4.50. The Morgan fingerprint density at radius 2 is 1.90 bits per heavy atom. The van der Waals surface area contributed by atoms with Gasteiger partial charge >= 0.3 is 5.97 Å². The highest BCUT2D eigenvalue weighted by molar-refractivity contribution is 5.93. The number of rotatable bonds is 10. The molecular weight excluding hydrogens is 398 g/mol. The summed E-state index contributed by atoms with van der Waals surface area (Å²) in [6.07, 6.45) is -0.276. The molecule has 2 unspecified atom stereocenters. The highest BCUT2D eigenvalue weighted by Gasteiger charge is 2.34. The molecule has 1 aliphatic rings. The Bertz CT molecular complexity index is 706. The summed E-state index contributed by atoms with van der Waals surface area (Å²) in [5, 5.41) is 25.2. The number of aliphatic hydroxyl groups excluding tert-OH is 1. The van der Waals surface area contributed by atoms with Gasteiger partial charge in [-0.15, -0.1) is 0 Å². The summed E-state index contributed by atoms with van der Waals surface area (Å²) in [6, 6.07) is -0.151. The third-order valence-electron chi connectivity index (χ3n) is 4.50. The number of methoxy groups -OCH3 is 1. The summed E-state index contributed by atoms with van der Waals surface area (Å²) in [6.45, 7) is 0.844. The molecule has 12 heteroatoms. The van der Waals surface area contributed by atoms with Crippen molar-refractivity contribution < 1.29 is 33.8 Å². The number of nitrogens with zero attached hydrogens (tertiary/aromatic N) is 2. The van der Waals surface area contributed by atoms with Crippen molar-refractivity contribution in [1.29, 1.82) is 5.26 Å². The Morgan fingerprint density at radius 3 is 2.50 bits per heavy atom. The lowest BCUT2D eigenvalue weighted by molar-refractivity contribution is -0.143. The van der Waals surface area contributed by atoms with Crippen molar-refractivity contribution in [3.63, 3.8) is 0 Å². The Labute approximate surface area is 173 Å². The van der Waals surface area contributed by atoms with E-state index in [0.29, 0.717) is 19.4 Å². The molecule has 0 bridgehead atoms. The van der Waals surface area contributed by atoms with Crippen LogP contribution in [0, 0.1) is 11.3 Å². The molecule has 0 spiro atoms. The van der Waals surface area contributed by atoms with Gasteiger partial charge in [0.05, 0.1) is 19.7 Å². The SMILES string of the molecule is COC(=O)CNC(=O)C1CCCN1C(=O)CNC(=O)[C@H](CCC(O)C#N)NC(C)=O. The summed E-state index contributed by atoms with van der Waals surface area (Å²) < 4.78 is 4.45. The number of hydrogen-bond donors (Lipinski definition) is 4. The van der Waals surface area contributed by atoms with Crippen molar-refractivity contribution in [1.82, 2.24) is 20.9 Å². The van der Waals surface area contributed by atoms with Gasteiger partial charge in [-0.2, -0.15) is 5.26 Å². The number of aliphatic hydroxyl groups is 1. The number of amides is 4. The molecule has 1 saturated heterocycles. The van der Waals surface area contributed by atoms with Gasteiger partial charge in [-0.3, -0.25) is 24.0 Å². The highest BCUT2D eigenvalue weighted by Crippen LogP contribution is 2.17. The lowest BCUT2D eigenvalue weighted by Crippen LogP contribution is -2.52. The standard InChI is InChI=1S/C18H27N5O7/c1-11(24)22-13(6-5-12(25)8-19)17(28)20-9-15(26)23-7-3-4-14(23)18(29)21-10-16(27)30-2/h12-14,25H,3-7,9-10H2,1-2H3,(H,20,28)(H,21,29)(H,22,24)/t12?,13-,14?/m0/s1. The van der Waals surface area contributed by atoms with E-state index in [1.807, 2.05) is 0 Å². The minimum atomic E-state index is -1.27. The van der Waals surface area contributed by atoms with Crippen LogP contribution < -0.4 is 16.0 Å². The van der Waals surface area contributed by atoms with Crippen molar-refractivity contribution in [3.05, 3.63) is 0 Å². The number of likely N-dealkylation sites (tertiary alicyclic amines) is 1.